The first-order valence-corrected chi connectivity index (χ1v) is 6.96. The van der Waals surface area contributed by atoms with Gasteiger partial charge in [0.1, 0.15) is 0 Å². The molecule has 2 aliphatic rings. The molecule has 0 radical (unpaired) electrons. The zero-order valence-electron chi connectivity index (χ0n) is 10.8. The molecule has 0 aromatic rings. The molecule has 3 N–H and O–H groups in total. The minimum absolute atomic E-state index is 0.210. The number of piperidine rings is 1. The van der Waals surface area contributed by atoms with E-state index in [2.05, 4.69) is 17.1 Å². The van der Waals surface area contributed by atoms with E-state index in [0.717, 1.165) is 25.9 Å². The molecule has 0 spiro atoms. The molecule has 98 valence electrons. The van der Waals surface area contributed by atoms with Gasteiger partial charge in [-0.3, -0.25) is 9.69 Å². The molecule has 17 heavy (non-hydrogen) atoms. The number of carbonyl (C=O) groups excluding carboxylic acids is 1. The topological polar surface area (TPSA) is 58.4 Å². The van der Waals surface area contributed by atoms with Crippen molar-refractivity contribution in [3.8, 4) is 0 Å². The van der Waals surface area contributed by atoms with Crippen LogP contribution in [0.15, 0.2) is 0 Å². The van der Waals surface area contributed by atoms with E-state index in [1.54, 1.807) is 0 Å². The van der Waals surface area contributed by atoms with Crippen LogP contribution in [0.2, 0.25) is 0 Å². The standard InChI is InChI=1S/C13H25N3O/c1-10(14)12-4-2-3-8-16(12)9-7-13(17)15-11-5-6-11/h10-12H,2-9,14H2,1H3,(H,15,17). The van der Waals surface area contributed by atoms with Crippen LogP contribution in [-0.4, -0.2) is 42.0 Å². The lowest BCUT2D eigenvalue weighted by molar-refractivity contribution is -0.121. The van der Waals surface area contributed by atoms with Crippen molar-refractivity contribution in [3.63, 3.8) is 0 Å². The second kappa shape index (κ2) is 5.83. The number of hydrogen-bond donors (Lipinski definition) is 2. The van der Waals surface area contributed by atoms with Crippen molar-refractivity contribution in [1.29, 1.82) is 0 Å². The molecule has 1 aliphatic carbocycles. The first-order valence-electron chi connectivity index (χ1n) is 6.96. The van der Waals surface area contributed by atoms with Gasteiger partial charge in [0.15, 0.2) is 0 Å². The van der Waals surface area contributed by atoms with Crippen molar-refractivity contribution >= 4 is 5.91 Å². The summed E-state index contributed by atoms with van der Waals surface area (Å²) in [6.45, 7) is 4.04. The van der Waals surface area contributed by atoms with Crippen LogP contribution in [0.5, 0.6) is 0 Å². The molecule has 0 aromatic heterocycles. The number of hydrogen-bond acceptors (Lipinski definition) is 3. The maximum absolute atomic E-state index is 11.6. The molecule has 0 aromatic carbocycles. The van der Waals surface area contributed by atoms with Crippen LogP contribution in [0.3, 0.4) is 0 Å². The van der Waals surface area contributed by atoms with Gasteiger partial charge in [-0.25, -0.2) is 0 Å². The Bertz CT molecular complexity index is 263. The average Bonchev–Trinajstić information content (AvgIpc) is 3.10. The quantitative estimate of drug-likeness (QED) is 0.748. The smallest absolute Gasteiger partial charge is 0.221 e. The summed E-state index contributed by atoms with van der Waals surface area (Å²) in [6.07, 6.45) is 6.65. The van der Waals surface area contributed by atoms with E-state index >= 15 is 0 Å². The lowest BCUT2D eigenvalue weighted by Gasteiger charge is -2.37. The third-order valence-electron chi connectivity index (χ3n) is 3.84. The number of carbonyl (C=O) groups is 1. The van der Waals surface area contributed by atoms with Gasteiger partial charge in [-0.2, -0.15) is 0 Å². The molecular weight excluding hydrogens is 214 g/mol. The van der Waals surface area contributed by atoms with Gasteiger partial charge in [0.25, 0.3) is 0 Å². The van der Waals surface area contributed by atoms with Crippen LogP contribution in [0.25, 0.3) is 0 Å². The molecule has 1 saturated heterocycles. The van der Waals surface area contributed by atoms with Crippen LogP contribution in [0.1, 0.15) is 45.4 Å². The highest BCUT2D eigenvalue weighted by atomic mass is 16.1. The summed E-state index contributed by atoms with van der Waals surface area (Å²) in [5, 5.41) is 3.04. The second-order valence-corrected chi connectivity index (χ2v) is 5.55. The van der Waals surface area contributed by atoms with E-state index in [0.29, 0.717) is 18.5 Å². The summed E-state index contributed by atoms with van der Waals surface area (Å²) in [6, 6.07) is 1.16. The highest BCUT2D eigenvalue weighted by Gasteiger charge is 2.27. The Morgan fingerprint density at radius 3 is 2.82 bits per heavy atom. The van der Waals surface area contributed by atoms with Gasteiger partial charge in [-0.15, -0.1) is 0 Å². The SMILES string of the molecule is CC(N)C1CCCCN1CCC(=O)NC1CC1. The van der Waals surface area contributed by atoms with Gasteiger partial charge in [-0.05, 0) is 39.2 Å². The first-order chi connectivity index (χ1) is 8.16. The third kappa shape index (κ3) is 3.96. The van der Waals surface area contributed by atoms with E-state index in [4.69, 9.17) is 5.73 Å². The second-order valence-electron chi connectivity index (χ2n) is 5.55. The minimum Gasteiger partial charge on any atom is -0.353 e. The maximum Gasteiger partial charge on any atom is 0.221 e. The molecule has 1 amide bonds. The average molecular weight is 239 g/mol. The van der Waals surface area contributed by atoms with Gasteiger partial charge in [0.05, 0.1) is 0 Å². The monoisotopic (exact) mass is 239 g/mol. The fourth-order valence-corrected chi connectivity index (χ4v) is 2.66. The zero-order valence-corrected chi connectivity index (χ0v) is 10.8. The number of nitrogens with zero attached hydrogens (tertiary/aromatic N) is 1. The first kappa shape index (κ1) is 12.8. The van der Waals surface area contributed by atoms with E-state index in [-0.39, 0.29) is 11.9 Å². The van der Waals surface area contributed by atoms with E-state index in [9.17, 15) is 4.79 Å². The van der Waals surface area contributed by atoms with Crippen LogP contribution >= 0.6 is 0 Å². The molecule has 4 heteroatoms. The zero-order chi connectivity index (χ0) is 12.3. The Labute approximate surface area is 104 Å². The maximum atomic E-state index is 11.6. The summed E-state index contributed by atoms with van der Waals surface area (Å²) in [7, 11) is 0. The Kier molecular flexibility index (Phi) is 4.40. The normalized spacial score (nSPS) is 27.8. The van der Waals surface area contributed by atoms with Crippen molar-refractivity contribution in [2.24, 2.45) is 5.73 Å². The van der Waals surface area contributed by atoms with Gasteiger partial charge < -0.3 is 11.1 Å². The van der Waals surface area contributed by atoms with Gasteiger partial charge in [-0.1, -0.05) is 6.42 Å². The lowest BCUT2D eigenvalue weighted by Crippen LogP contribution is -2.50. The predicted molar refractivity (Wildman–Crippen MR) is 68.6 cm³/mol. The van der Waals surface area contributed by atoms with Crippen molar-refractivity contribution in [2.45, 2.75) is 63.6 Å². The van der Waals surface area contributed by atoms with Crippen LogP contribution in [0.4, 0.5) is 0 Å². The number of nitrogens with one attached hydrogen (secondary N) is 1. The summed E-state index contributed by atoms with van der Waals surface area (Å²) < 4.78 is 0. The Balaban J connectivity index is 1.73. The third-order valence-corrected chi connectivity index (χ3v) is 3.84. The fraction of sp³-hybridized carbons (Fsp3) is 0.923. The molecule has 2 rings (SSSR count). The number of nitrogens with two attached hydrogens (primary N) is 1. The summed E-state index contributed by atoms with van der Waals surface area (Å²) in [5.41, 5.74) is 6.01. The van der Waals surface area contributed by atoms with E-state index in [1.807, 2.05) is 0 Å². The highest BCUT2D eigenvalue weighted by Crippen LogP contribution is 2.20. The molecular formula is C13H25N3O. The Morgan fingerprint density at radius 1 is 1.41 bits per heavy atom. The highest BCUT2D eigenvalue weighted by molar-refractivity contribution is 5.76. The molecule has 4 nitrogen and oxygen atoms in total. The Morgan fingerprint density at radius 2 is 2.18 bits per heavy atom. The van der Waals surface area contributed by atoms with E-state index in [1.165, 1.54) is 19.3 Å². The Hall–Kier alpha value is -0.610. The predicted octanol–water partition coefficient (Wildman–Crippen LogP) is 0.857. The fourth-order valence-electron chi connectivity index (χ4n) is 2.66. The van der Waals surface area contributed by atoms with Crippen LogP contribution in [0, 0.1) is 0 Å². The number of rotatable bonds is 5. The molecule has 2 atom stereocenters. The van der Waals surface area contributed by atoms with Gasteiger partial charge in [0.2, 0.25) is 5.91 Å². The largest absolute Gasteiger partial charge is 0.353 e. The molecule has 2 fully saturated rings. The molecule has 1 aliphatic heterocycles. The van der Waals surface area contributed by atoms with E-state index < -0.39 is 0 Å². The van der Waals surface area contributed by atoms with Gasteiger partial charge >= 0.3 is 0 Å². The molecule has 2 unspecified atom stereocenters. The lowest BCUT2D eigenvalue weighted by atomic mass is 9.97. The van der Waals surface area contributed by atoms with Crippen molar-refractivity contribution in [3.05, 3.63) is 0 Å². The number of likely N-dealkylation sites (tertiary alicyclic amines) is 1. The molecule has 0 bridgehead atoms. The summed E-state index contributed by atoms with van der Waals surface area (Å²) in [4.78, 5) is 14.0. The van der Waals surface area contributed by atoms with Crippen LogP contribution in [-0.2, 0) is 4.79 Å². The molecule has 1 heterocycles. The van der Waals surface area contributed by atoms with Crippen molar-refractivity contribution in [1.82, 2.24) is 10.2 Å². The molecule has 1 saturated carbocycles. The summed E-state index contributed by atoms with van der Waals surface area (Å²) >= 11 is 0. The summed E-state index contributed by atoms with van der Waals surface area (Å²) in [5.74, 6) is 0.210. The van der Waals surface area contributed by atoms with Crippen molar-refractivity contribution in [2.75, 3.05) is 13.1 Å². The van der Waals surface area contributed by atoms with Gasteiger partial charge in [0, 0.05) is 31.1 Å². The number of amides is 1. The van der Waals surface area contributed by atoms with Crippen molar-refractivity contribution < 1.29 is 4.79 Å². The van der Waals surface area contributed by atoms with Crippen LogP contribution < -0.4 is 11.1 Å². The minimum atomic E-state index is 0.210.